The van der Waals surface area contributed by atoms with Crippen LogP contribution in [0.3, 0.4) is 0 Å². The minimum absolute atomic E-state index is 0. The van der Waals surface area contributed by atoms with Gasteiger partial charge in [-0.15, -0.1) is 24.0 Å². The molecular formula is C19H34IN5. The van der Waals surface area contributed by atoms with Gasteiger partial charge in [0.15, 0.2) is 5.96 Å². The zero-order valence-corrected chi connectivity index (χ0v) is 17.8. The van der Waals surface area contributed by atoms with Gasteiger partial charge in [0.05, 0.1) is 0 Å². The van der Waals surface area contributed by atoms with Gasteiger partial charge in [-0.25, -0.2) is 4.98 Å². The molecule has 5 nitrogen and oxygen atoms in total. The molecule has 1 aliphatic rings. The number of nitrogens with zero attached hydrogens (tertiary/aromatic N) is 2. The number of rotatable bonds is 10. The van der Waals surface area contributed by atoms with Gasteiger partial charge in [0.25, 0.3) is 0 Å². The molecule has 0 saturated heterocycles. The molecule has 1 aromatic heterocycles. The second-order valence-corrected chi connectivity index (χ2v) is 6.57. The van der Waals surface area contributed by atoms with Gasteiger partial charge in [0.2, 0.25) is 0 Å². The highest BCUT2D eigenvalue weighted by molar-refractivity contribution is 14.0. The van der Waals surface area contributed by atoms with E-state index < -0.39 is 0 Å². The quantitative estimate of drug-likeness (QED) is 0.214. The van der Waals surface area contributed by atoms with Crippen molar-refractivity contribution in [3.8, 4) is 0 Å². The Labute approximate surface area is 169 Å². The second kappa shape index (κ2) is 14.2. The number of halogens is 1. The lowest BCUT2D eigenvalue weighted by Gasteiger charge is -2.13. The average molecular weight is 459 g/mol. The molecule has 2 rings (SSSR count). The molecule has 0 bridgehead atoms. The molecule has 1 aliphatic carbocycles. The molecule has 6 heteroatoms. The van der Waals surface area contributed by atoms with Crippen LogP contribution in [0.1, 0.15) is 51.4 Å². The molecule has 0 unspecified atom stereocenters. The lowest BCUT2D eigenvalue weighted by Crippen LogP contribution is -2.38. The topological polar surface area (TPSA) is 61.3 Å². The van der Waals surface area contributed by atoms with E-state index in [-0.39, 0.29) is 24.0 Å². The maximum absolute atomic E-state index is 4.29. The highest BCUT2D eigenvalue weighted by atomic mass is 127. The Morgan fingerprint density at radius 3 is 2.48 bits per heavy atom. The summed E-state index contributed by atoms with van der Waals surface area (Å²) in [6.45, 7) is 2.93. The van der Waals surface area contributed by atoms with E-state index in [2.05, 4.69) is 25.9 Å². The Kier molecular flexibility index (Phi) is 12.5. The normalized spacial score (nSPS) is 14.8. The molecule has 0 aromatic carbocycles. The minimum atomic E-state index is 0. The van der Waals surface area contributed by atoms with Crippen molar-refractivity contribution in [2.45, 2.75) is 51.4 Å². The van der Waals surface area contributed by atoms with Crippen molar-refractivity contribution in [1.29, 1.82) is 0 Å². The molecule has 1 fully saturated rings. The van der Waals surface area contributed by atoms with Crippen LogP contribution in [0.4, 0.5) is 5.82 Å². The molecule has 0 radical (unpaired) electrons. The molecule has 0 atom stereocenters. The summed E-state index contributed by atoms with van der Waals surface area (Å²) < 4.78 is 0. The Bertz CT molecular complexity index is 460. The molecule has 0 amide bonds. The highest BCUT2D eigenvalue weighted by Gasteiger charge is 2.13. The SMILES string of the molecule is CN=C(NCCCCNc1ccccn1)NCCCC1CCCC1.I. The Morgan fingerprint density at radius 1 is 1.08 bits per heavy atom. The third kappa shape index (κ3) is 9.87. The summed E-state index contributed by atoms with van der Waals surface area (Å²) >= 11 is 0. The number of anilines is 1. The standard InChI is InChI=1S/C19H33N5.HI/c1-20-19(24-16-8-11-17-9-2-3-10-17)23-15-7-6-14-22-18-12-4-5-13-21-18;/h4-5,12-13,17H,2-3,6-11,14-16H2,1H3,(H,21,22)(H2,20,23,24);1H. The number of guanidine groups is 1. The first-order valence-electron chi connectivity index (χ1n) is 9.48. The van der Waals surface area contributed by atoms with E-state index in [1.807, 2.05) is 31.4 Å². The smallest absolute Gasteiger partial charge is 0.190 e. The third-order valence-electron chi connectivity index (χ3n) is 4.65. The lowest BCUT2D eigenvalue weighted by atomic mass is 10.0. The van der Waals surface area contributed by atoms with Crippen LogP contribution in [0.5, 0.6) is 0 Å². The fraction of sp³-hybridized carbons (Fsp3) is 0.684. The van der Waals surface area contributed by atoms with Gasteiger partial charge in [-0.1, -0.05) is 31.7 Å². The van der Waals surface area contributed by atoms with E-state index in [9.17, 15) is 0 Å². The summed E-state index contributed by atoms with van der Waals surface area (Å²) in [6.07, 6.45) is 12.4. The van der Waals surface area contributed by atoms with Crippen LogP contribution in [0.25, 0.3) is 0 Å². The van der Waals surface area contributed by atoms with E-state index in [1.54, 1.807) is 0 Å². The molecule has 0 spiro atoms. The summed E-state index contributed by atoms with van der Waals surface area (Å²) in [4.78, 5) is 8.54. The predicted molar refractivity (Wildman–Crippen MR) is 118 cm³/mol. The fourth-order valence-electron chi connectivity index (χ4n) is 3.26. The van der Waals surface area contributed by atoms with Gasteiger partial charge in [-0.2, -0.15) is 0 Å². The predicted octanol–water partition coefficient (Wildman–Crippen LogP) is 4.03. The number of aliphatic imine (C=N–C) groups is 1. The minimum Gasteiger partial charge on any atom is -0.370 e. The van der Waals surface area contributed by atoms with Gasteiger partial charge in [-0.3, -0.25) is 4.99 Å². The summed E-state index contributed by atoms with van der Waals surface area (Å²) in [7, 11) is 1.84. The van der Waals surface area contributed by atoms with Crippen molar-refractivity contribution in [1.82, 2.24) is 15.6 Å². The van der Waals surface area contributed by atoms with Crippen molar-refractivity contribution in [3.05, 3.63) is 24.4 Å². The first-order chi connectivity index (χ1) is 11.9. The van der Waals surface area contributed by atoms with E-state index in [1.165, 1.54) is 38.5 Å². The van der Waals surface area contributed by atoms with E-state index in [4.69, 9.17) is 0 Å². The van der Waals surface area contributed by atoms with Crippen molar-refractivity contribution < 1.29 is 0 Å². The first kappa shape index (κ1) is 22.0. The lowest BCUT2D eigenvalue weighted by molar-refractivity contribution is 0.481. The monoisotopic (exact) mass is 459 g/mol. The maximum Gasteiger partial charge on any atom is 0.190 e. The number of hydrogen-bond donors (Lipinski definition) is 3. The second-order valence-electron chi connectivity index (χ2n) is 6.57. The maximum atomic E-state index is 4.29. The first-order valence-corrected chi connectivity index (χ1v) is 9.48. The largest absolute Gasteiger partial charge is 0.370 e. The third-order valence-corrected chi connectivity index (χ3v) is 4.65. The summed E-state index contributed by atoms with van der Waals surface area (Å²) in [6, 6.07) is 5.93. The highest BCUT2D eigenvalue weighted by Crippen LogP contribution is 2.28. The summed E-state index contributed by atoms with van der Waals surface area (Å²) in [5.41, 5.74) is 0. The molecule has 1 aromatic rings. The fourth-order valence-corrected chi connectivity index (χ4v) is 3.26. The number of aromatic nitrogens is 1. The van der Waals surface area contributed by atoms with Gasteiger partial charge in [-0.05, 0) is 43.7 Å². The van der Waals surface area contributed by atoms with Gasteiger partial charge >= 0.3 is 0 Å². The van der Waals surface area contributed by atoms with Crippen LogP contribution in [-0.2, 0) is 0 Å². The van der Waals surface area contributed by atoms with Crippen LogP contribution in [0, 0.1) is 5.92 Å². The van der Waals surface area contributed by atoms with Gasteiger partial charge < -0.3 is 16.0 Å². The Balaban J connectivity index is 0.00000312. The van der Waals surface area contributed by atoms with Crippen LogP contribution in [-0.4, -0.2) is 37.6 Å². The van der Waals surface area contributed by atoms with Crippen molar-refractivity contribution in [2.75, 3.05) is 32.0 Å². The average Bonchev–Trinajstić information content (AvgIpc) is 3.14. The van der Waals surface area contributed by atoms with E-state index >= 15 is 0 Å². The van der Waals surface area contributed by atoms with Crippen LogP contribution >= 0.6 is 24.0 Å². The summed E-state index contributed by atoms with van der Waals surface area (Å²) in [5.74, 6) is 2.86. The number of hydrogen-bond acceptors (Lipinski definition) is 3. The van der Waals surface area contributed by atoms with Crippen molar-refractivity contribution in [3.63, 3.8) is 0 Å². The summed E-state index contributed by atoms with van der Waals surface area (Å²) in [5, 5.41) is 10.1. The molecule has 1 saturated carbocycles. The van der Waals surface area contributed by atoms with Crippen LogP contribution < -0.4 is 16.0 Å². The van der Waals surface area contributed by atoms with Crippen molar-refractivity contribution >= 4 is 35.8 Å². The zero-order chi connectivity index (χ0) is 16.9. The van der Waals surface area contributed by atoms with E-state index in [0.29, 0.717) is 0 Å². The Hall–Kier alpha value is -1.05. The zero-order valence-electron chi connectivity index (χ0n) is 15.5. The number of nitrogens with one attached hydrogen (secondary N) is 3. The molecule has 25 heavy (non-hydrogen) atoms. The van der Waals surface area contributed by atoms with Crippen LogP contribution in [0.2, 0.25) is 0 Å². The van der Waals surface area contributed by atoms with Crippen LogP contribution in [0.15, 0.2) is 29.4 Å². The molecule has 3 N–H and O–H groups in total. The van der Waals surface area contributed by atoms with E-state index in [0.717, 1.165) is 50.2 Å². The van der Waals surface area contributed by atoms with Gasteiger partial charge in [0, 0.05) is 32.9 Å². The number of unbranched alkanes of at least 4 members (excludes halogenated alkanes) is 1. The number of pyridine rings is 1. The molecular weight excluding hydrogens is 425 g/mol. The Morgan fingerprint density at radius 2 is 1.80 bits per heavy atom. The van der Waals surface area contributed by atoms with Crippen molar-refractivity contribution in [2.24, 2.45) is 10.9 Å². The molecule has 1 heterocycles. The molecule has 142 valence electrons. The molecule has 0 aliphatic heterocycles. The van der Waals surface area contributed by atoms with Gasteiger partial charge in [0.1, 0.15) is 5.82 Å².